The summed E-state index contributed by atoms with van der Waals surface area (Å²) in [6, 6.07) is 0. The standard InChI is InChI=1S/C46H88NO10P/c1-6-8-10-11-12-13-14-15-16-17-18-19-20-21-24-28-35-54-38-41(39-56-58(52,53)55-36-34-47(3,4)5)57-46(51)31-27-23-22-26-30-42-43(45(50)37-44(42)49)33-32-40(48)29-25-9-7-2/h22,26,32-33,40-45,48-50H,6-21,23-25,27-31,34-39H2,1-5H3/p+1/b26-22-,33-32+. The van der Waals surface area contributed by atoms with Crippen LogP contribution in [0, 0.1) is 11.8 Å². The molecule has 12 heteroatoms. The fourth-order valence-corrected chi connectivity index (χ4v) is 8.11. The molecule has 0 saturated heterocycles. The maximum Gasteiger partial charge on any atom is 0.472 e. The average Bonchev–Trinajstić information content (AvgIpc) is 3.43. The van der Waals surface area contributed by atoms with E-state index in [0.29, 0.717) is 49.7 Å². The van der Waals surface area contributed by atoms with E-state index < -0.39 is 38.2 Å². The van der Waals surface area contributed by atoms with Crippen LogP contribution in [0.25, 0.3) is 0 Å². The summed E-state index contributed by atoms with van der Waals surface area (Å²) >= 11 is 0. The molecule has 0 aliphatic heterocycles. The Labute approximate surface area is 354 Å². The zero-order chi connectivity index (χ0) is 42.9. The number of nitrogens with zero attached hydrogens (tertiary/aromatic N) is 1. The van der Waals surface area contributed by atoms with Crippen LogP contribution in [-0.4, -0.2) is 109 Å². The fraction of sp³-hybridized carbons (Fsp3) is 0.891. The molecule has 0 heterocycles. The monoisotopic (exact) mass is 847 g/mol. The number of unbranched alkanes of at least 4 members (excludes halogenated alkanes) is 18. The largest absolute Gasteiger partial charge is 0.472 e. The van der Waals surface area contributed by atoms with E-state index in [-0.39, 0.29) is 38.1 Å². The lowest BCUT2D eigenvalue weighted by molar-refractivity contribution is -0.870. The van der Waals surface area contributed by atoms with Gasteiger partial charge in [-0.2, -0.15) is 0 Å². The van der Waals surface area contributed by atoms with Gasteiger partial charge in [-0.3, -0.25) is 13.8 Å². The summed E-state index contributed by atoms with van der Waals surface area (Å²) in [5.41, 5.74) is 0. The highest BCUT2D eigenvalue weighted by Gasteiger charge is 2.39. The number of allylic oxidation sites excluding steroid dienone is 2. The van der Waals surface area contributed by atoms with Crippen LogP contribution in [0.15, 0.2) is 24.3 Å². The minimum Gasteiger partial charge on any atom is -0.457 e. The number of carbonyl (C=O) groups is 1. The van der Waals surface area contributed by atoms with Crippen LogP contribution >= 0.6 is 7.82 Å². The number of carbonyl (C=O) groups excluding carboxylic acids is 1. The highest BCUT2D eigenvalue weighted by atomic mass is 31.2. The third-order valence-corrected chi connectivity index (χ3v) is 12.1. The summed E-state index contributed by atoms with van der Waals surface area (Å²) in [5, 5.41) is 31.4. The van der Waals surface area contributed by atoms with E-state index in [1.165, 1.54) is 89.9 Å². The van der Waals surface area contributed by atoms with Gasteiger partial charge in [0.25, 0.3) is 0 Å². The molecule has 7 unspecified atom stereocenters. The third-order valence-electron chi connectivity index (χ3n) is 11.1. The molecule has 342 valence electrons. The predicted molar refractivity (Wildman–Crippen MR) is 235 cm³/mol. The van der Waals surface area contributed by atoms with Gasteiger partial charge in [0.05, 0.1) is 52.7 Å². The minimum absolute atomic E-state index is 0.0465. The first-order valence-corrected chi connectivity index (χ1v) is 24.8. The smallest absolute Gasteiger partial charge is 0.457 e. The lowest BCUT2D eigenvalue weighted by Gasteiger charge is -2.24. The zero-order valence-corrected chi connectivity index (χ0v) is 38.5. The Morgan fingerprint density at radius 3 is 1.90 bits per heavy atom. The maximum atomic E-state index is 12.8. The molecule has 1 saturated carbocycles. The van der Waals surface area contributed by atoms with Gasteiger partial charge in [-0.1, -0.05) is 154 Å². The molecule has 1 aliphatic rings. The molecular weight excluding hydrogens is 757 g/mol. The molecule has 58 heavy (non-hydrogen) atoms. The second-order valence-electron chi connectivity index (χ2n) is 17.8. The molecule has 0 aromatic heterocycles. The predicted octanol–water partition coefficient (Wildman–Crippen LogP) is 9.99. The van der Waals surface area contributed by atoms with Gasteiger partial charge in [0.1, 0.15) is 19.3 Å². The van der Waals surface area contributed by atoms with Gasteiger partial charge in [0, 0.05) is 25.4 Å². The molecule has 0 spiro atoms. The molecule has 1 aliphatic carbocycles. The van der Waals surface area contributed by atoms with Crippen LogP contribution in [0.5, 0.6) is 0 Å². The van der Waals surface area contributed by atoms with Crippen molar-refractivity contribution in [2.24, 2.45) is 11.8 Å². The first kappa shape index (κ1) is 54.9. The molecule has 7 atom stereocenters. The van der Waals surface area contributed by atoms with E-state index in [1.54, 1.807) is 6.08 Å². The lowest BCUT2D eigenvalue weighted by Crippen LogP contribution is -2.37. The van der Waals surface area contributed by atoms with Crippen molar-refractivity contribution in [2.45, 2.75) is 199 Å². The van der Waals surface area contributed by atoms with Gasteiger partial charge < -0.3 is 34.2 Å². The summed E-state index contributed by atoms with van der Waals surface area (Å²) < 4.78 is 35.0. The Morgan fingerprint density at radius 2 is 1.31 bits per heavy atom. The molecule has 4 N–H and O–H groups in total. The Kier molecular flexibility index (Phi) is 32.6. The van der Waals surface area contributed by atoms with E-state index in [0.717, 1.165) is 32.1 Å². The zero-order valence-electron chi connectivity index (χ0n) is 37.6. The molecule has 0 amide bonds. The number of likely N-dealkylation sites (N-methyl/N-ethyl adjacent to an activating group) is 1. The van der Waals surface area contributed by atoms with E-state index in [9.17, 15) is 29.6 Å². The fourth-order valence-electron chi connectivity index (χ4n) is 7.37. The number of hydrogen-bond acceptors (Lipinski definition) is 9. The Morgan fingerprint density at radius 1 is 0.741 bits per heavy atom. The number of aliphatic hydroxyl groups is 3. The first-order valence-electron chi connectivity index (χ1n) is 23.3. The van der Waals surface area contributed by atoms with Crippen molar-refractivity contribution in [3.63, 3.8) is 0 Å². The highest BCUT2D eigenvalue weighted by Crippen LogP contribution is 2.43. The molecule has 11 nitrogen and oxygen atoms in total. The molecule has 0 aromatic carbocycles. The molecule has 0 bridgehead atoms. The van der Waals surface area contributed by atoms with Crippen molar-refractivity contribution in [3.8, 4) is 0 Å². The van der Waals surface area contributed by atoms with E-state index >= 15 is 0 Å². The summed E-state index contributed by atoms with van der Waals surface area (Å²) in [6.45, 7) is 5.21. The van der Waals surface area contributed by atoms with Gasteiger partial charge >= 0.3 is 13.8 Å². The average molecular weight is 847 g/mol. The second kappa shape index (κ2) is 34.4. The van der Waals surface area contributed by atoms with Crippen LogP contribution in [0.3, 0.4) is 0 Å². The second-order valence-corrected chi connectivity index (χ2v) is 19.2. The van der Waals surface area contributed by atoms with Crippen molar-refractivity contribution in [2.75, 3.05) is 54.1 Å². The van der Waals surface area contributed by atoms with Gasteiger partial charge in [0.2, 0.25) is 0 Å². The topological polar surface area (TPSA) is 152 Å². The van der Waals surface area contributed by atoms with Crippen LogP contribution in [0.1, 0.15) is 174 Å². The SMILES string of the molecule is CCCCCCCCCCCCCCCCCCOCC(COP(=O)(O)OCC[N+](C)(C)C)OC(=O)CCC/C=C\CC1C(O)CC(O)C1/C=C/C(O)CCCCC. The lowest BCUT2D eigenvalue weighted by atomic mass is 9.89. The van der Waals surface area contributed by atoms with Crippen molar-refractivity contribution >= 4 is 13.8 Å². The van der Waals surface area contributed by atoms with Crippen molar-refractivity contribution < 1.29 is 52.6 Å². The minimum atomic E-state index is -4.34. The number of quaternary nitrogens is 1. The summed E-state index contributed by atoms with van der Waals surface area (Å²) in [6.07, 6.45) is 31.6. The molecular formula is C46H89NO10P+. The Balaban J connectivity index is 2.43. The van der Waals surface area contributed by atoms with Gasteiger partial charge in [0.15, 0.2) is 0 Å². The summed E-state index contributed by atoms with van der Waals surface area (Å²) in [5.74, 6) is -0.809. The Bertz CT molecular complexity index is 1100. The van der Waals surface area contributed by atoms with Gasteiger partial charge in [-0.15, -0.1) is 0 Å². The molecule has 0 radical (unpaired) electrons. The van der Waals surface area contributed by atoms with E-state index in [1.807, 2.05) is 39.4 Å². The number of hydrogen-bond donors (Lipinski definition) is 4. The molecule has 1 fully saturated rings. The number of esters is 1. The number of ether oxygens (including phenoxy) is 2. The normalized spacial score (nSPS) is 20.9. The van der Waals surface area contributed by atoms with Crippen LogP contribution in [0.4, 0.5) is 0 Å². The molecule has 0 aromatic rings. The van der Waals surface area contributed by atoms with E-state index in [4.69, 9.17) is 18.5 Å². The summed E-state index contributed by atoms with van der Waals surface area (Å²) in [4.78, 5) is 23.1. The number of phosphoric acid groups is 1. The van der Waals surface area contributed by atoms with E-state index in [2.05, 4.69) is 13.8 Å². The maximum absolute atomic E-state index is 12.8. The number of rotatable bonds is 39. The van der Waals surface area contributed by atoms with Crippen molar-refractivity contribution in [1.29, 1.82) is 0 Å². The first-order chi connectivity index (χ1) is 27.8. The number of aliphatic hydroxyl groups excluding tert-OH is 3. The van der Waals surface area contributed by atoms with Gasteiger partial charge in [-0.05, 0) is 38.0 Å². The third kappa shape index (κ3) is 30.8. The van der Waals surface area contributed by atoms with Crippen LogP contribution in [-0.2, 0) is 27.9 Å². The van der Waals surface area contributed by atoms with Crippen molar-refractivity contribution in [1.82, 2.24) is 0 Å². The highest BCUT2D eigenvalue weighted by molar-refractivity contribution is 7.47. The van der Waals surface area contributed by atoms with Gasteiger partial charge in [-0.25, -0.2) is 4.57 Å². The summed E-state index contributed by atoms with van der Waals surface area (Å²) in [7, 11) is 1.53. The Hall–Kier alpha value is -1.14. The van der Waals surface area contributed by atoms with Crippen LogP contribution in [0.2, 0.25) is 0 Å². The molecule has 1 rings (SSSR count). The van der Waals surface area contributed by atoms with Crippen molar-refractivity contribution in [3.05, 3.63) is 24.3 Å². The quantitative estimate of drug-likeness (QED) is 0.0155. The van der Waals surface area contributed by atoms with Crippen LogP contribution < -0.4 is 0 Å². The number of phosphoric ester groups is 1.